The number of carbonyl (C=O) groups is 3. The van der Waals surface area contributed by atoms with Crippen molar-refractivity contribution < 1.29 is 47.1 Å². The van der Waals surface area contributed by atoms with Crippen LogP contribution in [0.5, 0.6) is 0 Å². The summed E-state index contributed by atoms with van der Waals surface area (Å²) in [6, 6.07) is 0. The molecule has 0 spiro atoms. The van der Waals surface area contributed by atoms with Crippen LogP contribution in [-0.2, 0) is 42.2 Å². The number of amides is 1. The van der Waals surface area contributed by atoms with Crippen molar-refractivity contribution in [3.05, 3.63) is 0 Å². The van der Waals surface area contributed by atoms with Crippen LogP contribution < -0.4 is 5.32 Å². The van der Waals surface area contributed by atoms with Crippen LogP contribution in [-0.4, -0.2) is 68.9 Å². The molecule has 0 aromatic carbocycles. The maximum atomic E-state index is 12.6. The lowest BCUT2D eigenvalue weighted by Gasteiger charge is -2.20. The molecule has 0 bridgehead atoms. The number of phosphoric acid groups is 1. The Kier molecular flexibility index (Phi) is 35.7. The molecular formula is C39H76NO10P. The van der Waals surface area contributed by atoms with E-state index in [2.05, 4.69) is 19.2 Å². The quantitative estimate of drug-likeness (QED) is 0.0354. The van der Waals surface area contributed by atoms with Gasteiger partial charge in [0.25, 0.3) is 0 Å². The fourth-order valence-corrected chi connectivity index (χ4v) is 6.44. The Morgan fingerprint density at radius 2 is 1.00 bits per heavy atom. The van der Waals surface area contributed by atoms with Crippen molar-refractivity contribution >= 4 is 25.7 Å². The lowest BCUT2D eigenvalue weighted by molar-refractivity contribution is -0.161. The Balaban J connectivity index is 4.48. The third-order valence-electron chi connectivity index (χ3n) is 8.83. The maximum absolute atomic E-state index is 12.6. The van der Waals surface area contributed by atoms with Gasteiger partial charge in [-0.3, -0.25) is 23.4 Å². The van der Waals surface area contributed by atoms with Gasteiger partial charge in [-0.2, -0.15) is 0 Å². The van der Waals surface area contributed by atoms with E-state index in [1.54, 1.807) is 0 Å². The molecule has 0 aromatic heterocycles. The van der Waals surface area contributed by atoms with Gasteiger partial charge >= 0.3 is 19.8 Å². The van der Waals surface area contributed by atoms with Crippen molar-refractivity contribution in [2.45, 2.75) is 193 Å². The minimum absolute atomic E-state index is 0.00462. The van der Waals surface area contributed by atoms with Crippen molar-refractivity contribution in [3.8, 4) is 0 Å². The van der Waals surface area contributed by atoms with E-state index in [4.69, 9.17) is 23.3 Å². The van der Waals surface area contributed by atoms with E-state index in [1.165, 1.54) is 116 Å². The molecule has 0 saturated heterocycles. The number of methoxy groups -OCH3 is 1. The van der Waals surface area contributed by atoms with Gasteiger partial charge in [-0.25, -0.2) is 4.57 Å². The van der Waals surface area contributed by atoms with Gasteiger partial charge in [-0.15, -0.1) is 0 Å². The number of esters is 2. The number of hydrogen-bond acceptors (Lipinski definition) is 9. The first kappa shape index (κ1) is 49.5. The van der Waals surface area contributed by atoms with Gasteiger partial charge in [0, 0.05) is 32.9 Å². The zero-order valence-corrected chi connectivity index (χ0v) is 33.7. The number of rotatable bonds is 39. The lowest BCUT2D eigenvalue weighted by atomic mass is 10.0. The summed E-state index contributed by atoms with van der Waals surface area (Å²) in [5.41, 5.74) is 0. The minimum Gasteiger partial charge on any atom is -0.462 e. The molecule has 2 unspecified atom stereocenters. The zero-order valence-electron chi connectivity index (χ0n) is 32.8. The van der Waals surface area contributed by atoms with Crippen molar-refractivity contribution in [2.75, 3.05) is 40.1 Å². The fourth-order valence-electron chi connectivity index (χ4n) is 5.69. The summed E-state index contributed by atoms with van der Waals surface area (Å²) >= 11 is 0. The predicted molar refractivity (Wildman–Crippen MR) is 203 cm³/mol. The average Bonchev–Trinajstić information content (AvgIpc) is 3.11. The van der Waals surface area contributed by atoms with Crippen molar-refractivity contribution in [3.63, 3.8) is 0 Å². The Labute approximate surface area is 311 Å². The maximum Gasteiger partial charge on any atom is 0.472 e. The van der Waals surface area contributed by atoms with Crippen LogP contribution in [0.25, 0.3) is 0 Å². The molecule has 1 amide bonds. The summed E-state index contributed by atoms with van der Waals surface area (Å²) in [5.74, 6) is -1.16. The SMILES string of the molecule is CCCCCCCCCCCCCCC(=O)OCC(COP(=O)(O)OCCNC(=O)CCOC)OC(=O)CCCCCCCCCCCCCC. The monoisotopic (exact) mass is 750 g/mol. The molecular weight excluding hydrogens is 673 g/mol. The first-order valence-electron chi connectivity index (χ1n) is 20.5. The fraction of sp³-hybridized carbons (Fsp3) is 0.923. The standard InChI is InChI=1S/C39H76NO10P/c1-4-6-8-10-12-14-16-18-20-22-24-26-28-38(42)47-34-36(35-49-51(44,45)48-33-31-40-37(41)30-32-46-3)50-39(43)29-27-25-23-21-19-17-15-13-11-9-7-5-2/h36H,4-35H2,1-3H3,(H,40,41)(H,44,45). The Morgan fingerprint density at radius 3 is 1.45 bits per heavy atom. The Bertz CT molecular complexity index is 875. The van der Waals surface area contributed by atoms with Crippen LogP contribution in [0.2, 0.25) is 0 Å². The first-order chi connectivity index (χ1) is 24.7. The summed E-state index contributed by atoms with van der Waals surface area (Å²) in [5, 5.41) is 2.55. The number of hydrogen-bond donors (Lipinski definition) is 2. The van der Waals surface area contributed by atoms with Gasteiger partial charge in [0.2, 0.25) is 5.91 Å². The summed E-state index contributed by atoms with van der Waals surface area (Å²) in [7, 11) is -3.03. The molecule has 51 heavy (non-hydrogen) atoms. The molecule has 0 saturated carbocycles. The summed E-state index contributed by atoms with van der Waals surface area (Å²) in [4.78, 5) is 46.8. The van der Waals surface area contributed by atoms with Crippen molar-refractivity contribution in [1.29, 1.82) is 0 Å². The predicted octanol–water partition coefficient (Wildman–Crippen LogP) is 9.91. The highest BCUT2D eigenvalue weighted by atomic mass is 31.2. The van der Waals surface area contributed by atoms with Crippen molar-refractivity contribution in [1.82, 2.24) is 5.32 Å². The van der Waals surface area contributed by atoms with Gasteiger partial charge in [0.05, 0.1) is 19.8 Å². The Hall–Kier alpha value is -1.52. The van der Waals surface area contributed by atoms with E-state index in [1.807, 2.05) is 0 Å². The third-order valence-corrected chi connectivity index (χ3v) is 9.82. The average molecular weight is 750 g/mol. The molecule has 302 valence electrons. The van der Waals surface area contributed by atoms with Gasteiger partial charge < -0.3 is 24.4 Å². The number of carbonyl (C=O) groups excluding carboxylic acids is 3. The molecule has 0 aromatic rings. The van der Waals surface area contributed by atoms with Gasteiger partial charge in [-0.05, 0) is 12.8 Å². The minimum atomic E-state index is -4.52. The van der Waals surface area contributed by atoms with E-state index < -0.39 is 32.5 Å². The normalized spacial score (nSPS) is 13.1. The van der Waals surface area contributed by atoms with Crippen LogP contribution in [0.15, 0.2) is 0 Å². The summed E-state index contributed by atoms with van der Waals surface area (Å²) < 4.78 is 38.2. The van der Waals surface area contributed by atoms with Crippen LogP contribution >= 0.6 is 7.82 Å². The first-order valence-corrected chi connectivity index (χ1v) is 22.0. The number of nitrogens with one attached hydrogen (secondary N) is 1. The highest BCUT2D eigenvalue weighted by molar-refractivity contribution is 7.47. The molecule has 0 radical (unpaired) electrons. The summed E-state index contributed by atoms with van der Waals surface area (Å²) in [6.07, 6.45) is 28.1. The van der Waals surface area contributed by atoms with Gasteiger partial charge in [0.15, 0.2) is 6.10 Å². The van der Waals surface area contributed by atoms with E-state index in [9.17, 15) is 23.8 Å². The molecule has 0 aliphatic rings. The second-order valence-corrected chi connectivity index (χ2v) is 15.2. The second kappa shape index (κ2) is 36.8. The van der Waals surface area contributed by atoms with E-state index >= 15 is 0 Å². The molecule has 0 rings (SSSR count). The van der Waals surface area contributed by atoms with Crippen LogP contribution in [0.3, 0.4) is 0 Å². The number of ether oxygens (including phenoxy) is 3. The molecule has 0 aliphatic heterocycles. The molecule has 0 fully saturated rings. The van der Waals surface area contributed by atoms with Crippen molar-refractivity contribution in [2.24, 2.45) is 0 Å². The molecule has 2 N–H and O–H groups in total. The molecule has 0 aliphatic carbocycles. The Morgan fingerprint density at radius 1 is 0.569 bits per heavy atom. The lowest BCUT2D eigenvalue weighted by Crippen LogP contribution is -2.30. The molecule has 11 nitrogen and oxygen atoms in total. The second-order valence-electron chi connectivity index (χ2n) is 13.8. The van der Waals surface area contributed by atoms with Gasteiger partial charge in [-0.1, -0.05) is 155 Å². The van der Waals surface area contributed by atoms with E-state index in [-0.39, 0.29) is 51.5 Å². The van der Waals surface area contributed by atoms with E-state index in [0.717, 1.165) is 38.5 Å². The smallest absolute Gasteiger partial charge is 0.462 e. The highest BCUT2D eigenvalue weighted by Crippen LogP contribution is 2.43. The summed E-state index contributed by atoms with van der Waals surface area (Å²) in [6.45, 7) is 3.71. The third kappa shape index (κ3) is 36.6. The van der Waals surface area contributed by atoms with Crippen LogP contribution in [0.4, 0.5) is 0 Å². The zero-order chi connectivity index (χ0) is 37.7. The molecule has 0 heterocycles. The largest absolute Gasteiger partial charge is 0.472 e. The molecule has 12 heteroatoms. The topological polar surface area (TPSA) is 147 Å². The van der Waals surface area contributed by atoms with Gasteiger partial charge in [0.1, 0.15) is 6.61 Å². The number of unbranched alkanes of at least 4 members (excludes halogenated alkanes) is 22. The van der Waals surface area contributed by atoms with Crippen LogP contribution in [0.1, 0.15) is 187 Å². The number of phosphoric ester groups is 1. The highest BCUT2D eigenvalue weighted by Gasteiger charge is 2.26. The van der Waals surface area contributed by atoms with Crippen LogP contribution in [0, 0.1) is 0 Å². The van der Waals surface area contributed by atoms with E-state index in [0.29, 0.717) is 6.42 Å². The molecule has 2 atom stereocenters.